The second-order valence-electron chi connectivity index (χ2n) is 2.92. The molecule has 72 valence electrons. The van der Waals surface area contributed by atoms with Crippen molar-refractivity contribution in [3.63, 3.8) is 0 Å². The van der Waals surface area contributed by atoms with E-state index in [1.54, 1.807) is 13.0 Å². The molecule has 0 fully saturated rings. The number of rotatable bonds is 2. The first-order chi connectivity index (χ1) is 6.06. The van der Waals surface area contributed by atoms with Crippen molar-refractivity contribution in [3.05, 3.63) is 28.3 Å². The SMILES string of the molecule is Cc1cc(Cl)cc([C@H](N)CF)c1O. The van der Waals surface area contributed by atoms with Crippen molar-refractivity contribution < 1.29 is 9.50 Å². The van der Waals surface area contributed by atoms with E-state index in [0.717, 1.165) is 0 Å². The first-order valence-electron chi connectivity index (χ1n) is 3.86. The summed E-state index contributed by atoms with van der Waals surface area (Å²) < 4.78 is 12.2. The van der Waals surface area contributed by atoms with Gasteiger partial charge >= 0.3 is 0 Å². The zero-order valence-electron chi connectivity index (χ0n) is 7.22. The lowest BCUT2D eigenvalue weighted by Crippen LogP contribution is -2.12. The molecular weight excluding hydrogens is 193 g/mol. The lowest BCUT2D eigenvalue weighted by Gasteiger charge is -2.12. The molecule has 0 bridgehead atoms. The van der Waals surface area contributed by atoms with E-state index in [4.69, 9.17) is 17.3 Å². The maximum atomic E-state index is 12.2. The van der Waals surface area contributed by atoms with Crippen LogP contribution in [0.2, 0.25) is 5.02 Å². The van der Waals surface area contributed by atoms with Crippen LogP contribution in [0.5, 0.6) is 5.75 Å². The monoisotopic (exact) mass is 203 g/mol. The van der Waals surface area contributed by atoms with Crippen LogP contribution in [0.3, 0.4) is 0 Å². The highest BCUT2D eigenvalue weighted by molar-refractivity contribution is 6.30. The molecule has 13 heavy (non-hydrogen) atoms. The quantitative estimate of drug-likeness (QED) is 0.775. The lowest BCUT2D eigenvalue weighted by molar-refractivity contribution is 0.413. The van der Waals surface area contributed by atoms with Crippen LogP contribution in [-0.2, 0) is 0 Å². The number of phenols is 1. The second kappa shape index (κ2) is 3.94. The Bertz CT molecular complexity index is 317. The van der Waals surface area contributed by atoms with E-state index in [2.05, 4.69) is 0 Å². The van der Waals surface area contributed by atoms with E-state index >= 15 is 0 Å². The lowest BCUT2D eigenvalue weighted by atomic mass is 10.0. The van der Waals surface area contributed by atoms with Gasteiger partial charge in [-0.15, -0.1) is 0 Å². The van der Waals surface area contributed by atoms with Crippen molar-refractivity contribution in [1.82, 2.24) is 0 Å². The van der Waals surface area contributed by atoms with Gasteiger partial charge in [0.25, 0.3) is 0 Å². The van der Waals surface area contributed by atoms with Gasteiger partial charge < -0.3 is 10.8 Å². The first-order valence-corrected chi connectivity index (χ1v) is 4.24. The topological polar surface area (TPSA) is 46.2 Å². The Labute approximate surface area is 81.1 Å². The molecule has 0 saturated heterocycles. The molecule has 0 heterocycles. The van der Waals surface area contributed by atoms with Gasteiger partial charge in [-0.05, 0) is 24.6 Å². The van der Waals surface area contributed by atoms with Crippen LogP contribution in [0.15, 0.2) is 12.1 Å². The molecule has 1 aromatic rings. The molecule has 2 nitrogen and oxygen atoms in total. The van der Waals surface area contributed by atoms with Gasteiger partial charge in [-0.1, -0.05) is 11.6 Å². The van der Waals surface area contributed by atoms with Gasteiger partial charge in [0.15, 0.2) is 0 Å². The number of halogens is 2. The molecule has 0 unspecified atom stereocenters. The first kappa shape index (κ1) is 10.3. The Hall–Kier alpha value is -0.800. The zero-order valence-corrected chi connectivity index (χ0v) is 7.98. The van der Waals surface area contributed by atoms with Gasteiger partial charge in [-0.25, -0.2) is 4.39 Å². The Balaban J connectivity index is 3.20. The zero-order chi connectivity index (χ0) is 10.0. The van der Waals surface area contributed by atoms with E-state index in [0.29, 0.717) is 16.1 Å². The molecule has 0 amide bonds. The molecule has 0 spiro atoms. The highest BCUT2D eigenvalue weighted by Gasteiger charge is 2.13. The van der Waals surface area contributed by atoms with Gasteiger partial charge in [-0.3, -0.25) is 0 Å². The van der Waals surface area contributed by atoms with Crippen molar-refractivity contribution in [2.24, 2.45) is 5.73 Å². The van der Waals surface area contributed by atoms with Crippen molar-refractivity contribution >= 4 is 11.6 Å². The van der Waals surface area contributed by atoms with Gasteiger partial charge in [-0.2, -0.15) is 0 Å². The third-order valence-electron chi connectivity index (χ3n) is 1.86. The summed E-state index contributed by atoms with van der Waals surface area (Å²) in [6, 6.07) is 2.27. The standard InChI is InChI=1S/C9H11ClFNO/c1-5-2-6(10)3-7(9(5)13)8(12)4-11/h2-3,8,13H,4,12H2,1H3/t8-/m1/s1. The average molecular weight is 204 g/mol. The molecule has 0 saturated carbocycles. The minimum atomic E-state index is -0.808. The maximum absolute atomic E-state index is 12.2. The molecule has 0 aliphatic heterocycles. The smallest absolute Gasteiger partial charge is 0.123 e. The third-order valence-corrected chi connectivity index (χ3v) is 2.08. The van der Waals surface area contributed by atoms with E-state index in [-0.39, 0.29) is 5.75 Å². The minimum absolute atomic E-state index is 0.0227. The molecule has 0 radical (unpaired) electrons. The van der Waals surface area contributed by atoms with Crippen LogP contribution in [-0.4, -0.2) is 11.8 Å². The Morgan fingerprint density at radius 2 is 2.23 bits per heavy atom. The van der Waals surface area contributed by atoms with Crippen molar-refractivity contribution in [2.75, 3.05) is 6.67 Å². The number of hydrogen-bond acceptors (Lipinski definition) is 2. The number of nitrogens with two attached hydrogens (primary N) is 1. The molecule has 3 N–H and O–H groups in total. The van der Waals surface area contributed by atoms with Crippen LogP contribution in [0.4, 0.5) is 4.39 Å². The second-order valence-corrected chi connectivity index (χ2v) is 3.36. The molecule has 4 heteroatoms. The molecule has 0 aromatic heterocycles. The number of hydrogen-bond donors (Lipinski definition) is 2. The van der Waals surface area contributed by atoms with Gasteiger partial charge in [0.1, 0.15) is 12.4 Å². The van der Waals surface area contributed by atoms with E-state index in [1.807, 2.05) is 0 Å². The number of aromatic hydroxyl groups is 1. The molecule has 1 atom stereocenters. The summed E-state index contributed by atoms with van der Waals surface area (Å²) in [6.07, 6.45) is 0. The summed E-state index contributed by atoms with van der Waals surface area (Å²) in [5.41, 5.74) is 6.40. The summed E-state index contributed by atoms with van der Waals surface area (Å²) in [6.45, 7) is 0.975. The van der Waals surface area contributed by atoms with Crippen molar-refractivity contribution in [1.29, 1.82) is 0 Å². The van der Waals surface area contributed by atoms with E-state index < -0.39 is 12.7 Å². The molecule has 0 aliphatic carbocycles. The Morgan fingerprint density at radius 3 is 2.77 bits per heavy atom. The van der Waals surface area contributed by atoms with Gasteiger partial charge in [0.05, 0.1) is 6.04 Å². The fourth-order valence-electron chi connectivity index (χ4n) is 1.13. The number of phenolic OH excluding ortho intramolecular Hbond substituents is 1. The average Bonchev–Trinajstić information content (AvgIpc) is 2.10. The minimum Gasteiger partial charge on any atom is -0.507 e. The highest BCUT2D eigenvalue weighted by Crippen LogP contribution is 2.30. The maximum Gasteiger partial charge on any atom is 0.123 e. The summed E-state index contributed by atoms with van der Waals surface area (Å²) in [7, 11) is 0. The summed E-state index contributed by atoms with van der Waals surface area (Å²) >= 11 is 5.73. The number of aryl methyl sites for hydroxylation is 1. The predicted octanol–water partition coefficient (Wildman–Crippen LogP) is 2.32. The summed E-state index contributed by atoms with van der Waals surface area (Å²) in [5, 5.41) is 9.97. The normalized spacial score (nSPS) is 12.9. The Kier molecular flexibility index (Phi) is 3.12. The number of alkyl halides is 1. The van der Waals surface area contributed by atoms with Crippen LogP contribution in [0.25, 0.3) is 0 Å². The summed E-state index contributed by atoms with van der Waals surface area (Å²) in [5.74, 6) is 0.0227. The summed E-state index contributed by atoms with van der Waals surface area (Å²) in [4.78, 5) is 0. The fraction of sp³-hybridized carbons (Fsp3) is 0.333. The fourth-order valence-corrected chi connectivity index (χ4v) is 1.41. The molecule has 0 aliphatic rings. The van der Waals surface area contributed by atoms with Gasteiger partial charge in [0.2, 0.25) is 0 Å². The van der Waals surface area contributed by atoms with E-state index in [1.165, 1.54) is 6.07 Å². The highest BCUT2D eigenvalue weighted by atomic mass is 35.5. The van der Waals surface area contributed by atoms with Crippen LogP contribution < -0.4 is 5.73 Å². The molecule has 1 aromatic carbocycles. The molecular formula is C9H11ClFNO. The van der Waals surface area contributed by atoms with Gasteiger partial charge in [0, 0.05) is 10.6 Å². The van der Waals surface area contributed by atoms with Crippen LogP contribution >= 0.6 is 11.6 Å². The van der Waals surface area contributed by atoms with Crippen LogP contribution in [0, 0.1) is 6.92 Å². The molecule has 1 rings (SSSR count). The predicted molar refractivity (Wildman–Crippen MR) is 50.8 cm³/mol. The van der Waals surface area contributed by atoms with Crippen LogP contribution in [0.1, 0.15) is 17.2 Å². The third kappa shape index (κ3) is 2.11. The van der Waals surface area contributed by atoms with Crippen molar-refractivity contribution in [2.45, 2.75) is 13.0 Å². The largest absolute Gasteiger partial charge is 0.507 e. The Morgan fingerprint density at radius 1 is 1.62 bits per heavy atom. The van der Waals surface area contributed by atoms with E-state index in [9.17, 15) is 9.50 Å². The van der Waals surface area contributed by atoms with Crippen molar-refractivity contribution in [3.8, 4) is 5.75 Å². The number of benzene rings is 1.